The van der Waals surface area contributed by atoms with Crippen LogP contribution >= 0.6 is 0 Å². The fourth-order valence-electron chi connectivity index (χ4n) is 2.22. The molecule has 0 spiro atoms. The van der Waals surface area contributed by atoms with Crippen LogP contribution in [0, 0.1) is 0 Å². The van der Waals surface area contributed by atoms with E-state index in [-0.39, 0.29) is 41.8 Å². The highest BCUT2D eigenvalue weighted by Gasteiger charge is 2.25. The van der Waals surface area contributed by atoms with E-state index in [1.807, 2.05) is 27.7 Å². The van der Waals surface area contributed by atoms with E-state index in [0.717, 1.165) is 0 Å². The first-order valence-electron chi connectivity index (χ1n) is 7.67. The van der Waals surface area contributed by atoms with Crippen molar-refractivity contribution in [2.45, 2.75) is 60.5 Å². The smallest absolute Gasteiger partial charge is 0.323 e. The first-order chi connectivity index (χ1) is 10.7. The third-order valence-corrected chi connectivity index (χ3v) is 3.01. The molecule has 0 saturated heterocycles. The summed E-state index contributed by atoms with van der Waals surface area (Å²) in [7, 11) is 0. The molecule has 0 aliphatic carbocycles. The van der Waals surface area contributed by atoms with E-state index in [1.165, 1.54) is 23.6 Å². The molecule has 0 saturated carbocycles. The largest absolute Gasteiger partial charge is 0.464 e. The van der Waals surface area contributed by atoms with Gasteiger partial charge in [-0.1, -0.05) is 0 Å². The fourth-order valence-corrected chi connectivity index (χ4v) is 2.22. The second-order valence-electron chi connectivity index (χ2n) is 5.62. The Labute approximate surface area is 136 Å². The van der Waals surface area contributed by atoms with Crippen molar-refractivity contribution >= 4 is 23.7 Å². The quantitative estimate of drug-likeness (QED) is 0.793. The highest BCUT2D eigenvalue weighted by molar-refractivity contribution is 5.92. The maximum Gasteiger partial charge on any atom is 0.323 e. The molecule has 8 heteroatoms. The minimum atomic E-state index is -0.196. The Morgan fingerprint density at radius 3 is 1.57 bits per heavy atom. The van der Waals surface area contributed by atoms with E-state index in [4.69, 9.17) is 4.74 Å². The van der Waals surface area contributed by atoms with Crippen LogP contribution in [-0.4, -0.2) is 45.5 Å². The van der Waals surface area contributed by atoms with E-state index < -0.39 is 0 Å². The number of carbonyl (C=O) groups excluding carboxylic acids is 2. The molecule has 0 bridgehead atoms. The van der Waals surface area contributed by atoms with Crippen molar-refractivity contribution in [1.29, 1.82) is 0 Å². The topological polar surface area (TPSA) is 88.5 Å². The Morgan fingerprint density at radius 2 is 1.30 bits per heavy atom. The summed E-state index contributed by atoms with van der Waals surface area (Å²) in [6.45, 7) is 12.5. The molecule has 1 rings (SSSR count). The molecular weight excluding hydrogens is 298 g/mol. The molecular formula is C15H25N5O3. The summed E-state index contributed by atoms with van der Waals surface area (Å²) in [5.74, 6) is -0.0438. The molecule has 8 nitrogen and oxygen atoms in total. The lowest BCUT2D eigenvalue weighted by Gasteiger charge is -2.27. The van der Waals surface area contributed by atoms with Gasteiger partial charge in [-0.05, 0) is 34.6 Å². The van der Waals surface area contributed by atoms with Crippen LogP contribution < -0.4 is 14.5 Å². The molecule has 0 aliphatic rings. The van der Waals surface area contributed by atoms with Gasteiger partial charge >= 0.3 is 6.01 Å². The number of rotatable bonds is 6. The van der Waals surface area contributed by atoms with Crippen LogP contribution in [-0.2, 0) is 9.59 Å². The minimum absolute atomic E-state index is 0.0892. The molecule has 128 valence electrons. The predicted octanol–water partition coefficient (Wildman–Crippen LogP) is 1.79. The zero-order chi connectivity index (χ0) is 17.7. The van der Waals surface area contributed by atoms with Crippen LogP contribution in [0.5, 0.6) is 6.01 Å². The summed E-state index contributed by atoms with van der Waals surface area (Å²) in [6, 6.07) is -0.185. The third kappa shape index (κ3) is 4.61. The molecule has 0 radical (unpaired) electrons. The van der Waals surface area contributed by atoms with E-state index in [1.54, 1.807) is 6.92 Å². The molecule has 0 unspecified atom stereocenters. The van der Waals surface area contributed by atoms with Crippen LogP contribution in [0.25, 0.3) is 0 Å². The number of anilines is 2. The van der Waals surface area contributed by atoms with Gasteiger partial charge in [0.05, 0.1) is 6.61 Å². The van der Waals surface area contributed by atoms with Crippen LogP contribution in [0.2, 0.25) is 0 Å². The first-order valence-corrected chi connectivity index (χ1v) is 7.67. The van der Waals surface area contributed by atoms with Crippen molar-refractivity contribution in [3.8, 4) is 6.01 Å². The van der Waals surface area contributed by atoms with Crippen molar-refractivity contribution in [2.75, 3.05) is 16.4 Å². The van der Waals surface area contributed by atoms with Gasteiger partial charge in [0.25, 0.3) is 0 Å². The average molecular weight is 323 g/mol. The lowest BCUT2D eigenvalue weighted by Crippen LogP contribution is -2.39. The summed E-state index contributed by atoms with van der Waals surface area (Å²) in [6.07, 6.45) is 0. The molecule has 1 heterocycles. The summed E-state index contributed by atoms with van der Waals surface area (Å²) in [4.78, 5) is 39.4. The standard InChI is InChI=1S/C15H25N5O3/c1-8-23-15-17-13(19(9(2)3)11(6)21)16-14(18-15)20(10(4)5)12(7)22/h9-10H,8H2,1-7H3. The Bertz CT molecular complexity index is 530. The van der Waals surface area contributed by atoms with Gasteiger partial charge in [0.2, 0.25) is 23.7 Å². The molecule has 0 aliphatic heterocycles. The van der Waals surface area contributed by atoms with Gasteiger partial charge in [-0.2, -0.15) is 15.0 Å². The van der Waals surface area contributed by atoms with Crippen LogP contribution in [0.15, 0.2) is 0 Å². The summed E-state index contributed by atoms with van der Waals surface area (Å²) >= 11 is 0. The summed E-state index contributed by atoms with van der Waals surface area (Å²) in [5, 5.41) is 0. The number of hydrogen-bond donors (Lipinski definition) is 0. The number of nitrogens with zero attached hydrogens (tertiary/aromatic N) is 5. The van der Waals surface area contributed by atoms with Gasteiger partial charge in [-0.3, -0.25) is 19.4 Å². The van der Waals surface area contributed by atoms with Gasteiger partial charge < -0.3 is 4.74 Å². The predicted molar refractivity (Wildman–Crippen MR) is 87.6 cm³/mol. The number of carbonyl (C=O) groups is 2. The van der Waals surface area contributed by atoms with Gasteiger partial charge in [0, 0.05) is 25.9 Å². The molecule has 0 N–H and O–H groups in total. The molecule has 1 aromatic heterocycles. The maximum atomic E-state index is 11.9. The molecule has 2 amide bonds. The molecule has 1 aromatic rings. The van der Waals surface area contributed by atoms with Gasteiger partial charge in [0.1, 0.15) is 0 Å². The van der Waals surface area contributed by atoms with Crippen LogP contribution in [0.3, 0.4) is 0 Å². The van der Waals surface area contributed by atoms with Crippen LogP contribution in [0.1, 0.15) is 48.5 Å². The maximum absolute atomic E-state index is 11.9. The lowest BCUT2D eigenvalue weighted by atomic mass is 10.3. The minimum Gasteiger partial charge on any atom is -0.464 e. The lowest BCUT2D eigenvalue weighted by molar-refractivity contribution is -0.117. The van der Waals surface area contributed by atoms with Crippen molar-refractivity contribution in [3.63, 3.8) is 0 Å². The molecule has 23 heavy (non-hydrogen) atoms. The number of hydrogen-bond acceptors (Lipinski definition) is 6. The highest BCUT2D eigenvalue weighted by atomic mass is 16.5. The van der Waals surface area contributed by atoms with E-state index in [0.29, 0.717) is 6.61 Å². The Morgan fingerprint density at radius 1 is 0.913 bits per heavy atom. The van der Waals surface area contributed by atoms with Gasteiger partial charge in [0.15, 0.2) is 0 Å². The second kappa shape index (κ2) is 7.85. The Kier molecular flexibility index (Phi) is 6.41. The highest BCUT2D eigenvalue weighted by Crippen LogP contribution is 2.21. The zero-order valence-electron chi connectivity index (χ0n) is 14.8. The SMILES string of the molecule is CCOc1nc(N(C(C)=O)C(C)C)nc(N(C(C)=O)C(C)C)n1. The summed E-state index contributed by atoms with van der Waals surface area (Å²) < 4.78 is 5.37. The second-order valence-corrected chi connectivity index (χ2v) is 5.62. The van der Waals surface area contributed by atoms with E-state index >= 15 is 0 Å². The van der Waals surface area contributed by atoms with Crippen molar-refractivity contribution < 1.29 is 14.3 Å². The van der Waals surface area contributed by atoms with Crippen molar-refractivity contribution in [2.24, 2.45) is 0 Å². The molecule has 0 fully saturated rings. The fraction of sp³-hybridized carbons (Fsp3) is 0.667. The first kappa shape index (κ1) is 18.8. The van der Waals surface area contributed by atoms with Gasteiger partial charge in [-0.25, -0.2) is 0 Å². The number of aromatic nitrogens is 3. The van der Waals surface area contributed by atoms with Crippen molar-refractivity contribution in [3.05, 3.63) is 0 Å². The summed E-state index contributed by atoms with van der Waals surface area (Å²) in [5.41, 5.74) is 0. The number of amides is 2. The normalized spacial score (nSPS) is 10.8. The molecule has 0 atom stereocenters. The number of ether oxygens (including phenoxy) is 1. The Balaban J connectivity index is 3.48. The van der Waals surface area contributed by atoms with Crippen LogP contribution in [0.4, 0.5) is 11.9 Å². The van der Waals surface area contributed by atoms with E-state index in [9.17, 15) is 9.59 Å². The van der Waals surface area contributed by atoms with E-state index in [2.05, 4.69) is 15.0 Å². The van der Waals surface area contributed by atoms with Crippen molar-refractivity contribution in [1.82, 2.24) is 15.0 Å². The molecule has 0 aromatic carbocycles. The Hall–Kier alpha value is -2.25. The zero-order valence-corrected chi connectivity index (χ0v) is 14.8. The monoisotopic (exact) mass is 323 g/mol. The third-order valence-electron chi connectivity index (χ3n) is 3.01. The average Bonchev–Trinajstić information content (AvgIpc) is 2.36. The van der Waals surface area contributed by atoms with Gasteiger partial charge in [-0.15, -0.1) is 0 Å².